The zero-order chi connectivity index (χ0) is 44.3. The highest BCUT2D eigenvalue weighted by Gasteiger charge is 2.22. The second-order valence-electron chi connectivity index (χ2n) is 17.4. The quantitative estimate of drug-likeness (QED) is 0.0253. The highest BCUT2D eigenvalue weighted by atomic mass is 17.2. The summed E-state index contributed by atoms with van der Waals surface area (Å²) in [5, 5.41) is 0. The summed E-state index contributed by atoms with van der Waals surface area (Å²) in [6, 6.07) is 0. The predicted molar refractivity (Wildman–Crippen MR) is 242 cm³/mol. The van der Waals surface area contributed by atoms with Crippen molar-refractivity contribution in [2.24, 2.45) is 11.8 Å². The van der Waals surface area contributed by atoms with Crippen LogP contribution in [0.1, 0.15) is 260 Å². The topological polar surface area (TPSA) is 124 Å². The van der Waals surface area contributed by atoms with E-state index in [1.807, 2.05) is 0 Å². The molecule has 354 valence electrons. The van der Waals surface area contributed by atoms with Gasteiger partial charge in [-0.3, -0.25) is 19.4 Å². The maximum absolute atomic E-state index is 12.2. The van der Waals surface area contributed by atoms with E-state index in [1.165, 1.54) is 64.2 Å². The predicted octanol–water partition coefficient (Wildman–Crippen LogP) is 14.4. The van der Waals surface area contributed by atoms with Crippen LogP contribution in [-0.2, 0) is 48.2 Å². The normalized spacial score (nSPS) is 13.4. The molecule has 60 heavy (non-hydrogen) atoms. The van der Waals surface area contributed by atoms with Crippen LogP contribution in [0, 0.1) is 11.8 Å². The minimum Gasteiger partial charge on any atom is -0.466 e. The van der Waals surface area contributed by atoms with E-state index in [0.717, 1.165) is 128 Å². The number of unbranched alkanes of at least 4 members (excludes halogenated alkanes) is 21. The molecule has 10 heteroatoms. The van der Waals surface area contributed by atoms with Gasteiger partial charge in [-0.1, -0.05) is 170 Å². The maximum atomic E-state index is 12.2. The first-order valence-electron chi connectivity index (χ1n) is 25.2. The summed E-state index contributed by atoms with van der Waals surface area (Å²) in [6.07, 6.45) is 34.0. The van der Waals surface area contributed by atoms with Crippen LogP contribution < -0.4 is 0 Å². The van der Waals surface area contributed by atoms with Gasteiger partial charge in [-0.05, 0) is 76.0 Å². The largest absolute Gasteiger partial charge is 0.466 e. The molecule has 10 nitrogen and oxygen atoms in total. The van der Waals surface area contributed by atoms with Gasteiger partial charge in [0.2, 0.25) is 0 Å². The van der Waals surface area contributed by atoms with Crippen LogP contribution in [0.15, 0.2) is 0 Å². The minimum atomic E-state index is -0.315. The molecule has 4 unspecified atom stereocenters. The van der Waals surface area contributed by atoms with Crippen molar-refractivity contribution < 1.29 is 48.2 Å². The molecule has 0 aromatic rings. The third-order valence-electron chi connectivity index (χ3n) is 11.7. The van der Waals surface area contributed by atoms with Gasteiger partial charge in [0.05, 0.1) is 13.2 Å². The first kappa shape index (κ1) is 57.8. The van der Waals surface area contributed by atoms with Crippen LogP contribution in [0.2, 0.25) is 0 Å². The third kappa shape index (κ3) is 37.6. The first-order chi connectivity index (χ1) is 29.2. The Morgan fingerprint density at radius 3 is 1.00 bits per heavy atom. The molecule has 0 aliphatic carbocycles. The van der Waals surface area contributed by atoms with E-state index < -0.39 is 0 Å². The zero-order valence-corrected chi connectivity index (χ0v) is 39.8. The summed E-state index contributed by atoms with van der Waals surface area (Å²) in [7, 11) is 0. The molecular formula is C50H94O10. The van der Waals surface area contributed by atoms with Crippen LogP contribution in [0.4, 0.5) is 0 Å². The number of carbonyl (C=O) groups is 4. The maximum Gasteiger partial charge on any atom is 0.342 e. The van der Waals surface area contributed by atoms with Crippen molar-refractivity contribution in [3.8, 4) is 0 Å². The summed E-state index contributed by atoms with van der Waals surface area (Å²) in [6.45, 7) is 13.3. The standard InChI is InChI=1S/C50H94O10/c1-7-11-13-15-21-29-37-45(57-59-47(51)9-3)43(5)35-27-19-17-23-31-39-49(53)55-41-33-25-26-34-42-56-50(54)40-32-24-18-20-28-36-44(6)46(58-60-48(52)10-4)38-30-22-16-14-12-8-2/h43-46H,7-42H2,1-6H3. The lowest BCUT2D eigenvalue weighted by Gasteiger charge is -2.22. The average molecular weight is 855 g/mol. The van der Waals surface area contributed by atoms with E-state index in [-0.39, 0.29) is 36.1 Å². The molecule has 0 N–H and O–H groups in total. The molecule has 4 atom stereocenters. The lowest BCUT2D eigenvalue weighted by atomic mass is 9.93. The molecule has 0 saturated heterocycles. The fraction of sp³-hybridized carbons (Fsp3) is 0.920. The molecule has 0 radical (unpaired) electrons. The van der Waals surface area contributed by atoms with Gasteiger partial charge in [-0.2, -0.15) is 9.78 Å². The van der Waals surface area contributed by atoms with Crippen molar-refractivity contribution in [2.45, 2.75) is 272 Å². The van der Waals surface area contributed by atoms with Gasteiger partial charge < -0.3 is 9.47 Å². The summed E-state index contributed by atoms with van der Waals surface area (Å²) in [5.74, 6) is -0.200. The summed E-state index contributed by atoms with van der Waals surface area (Å²) < 4.78 is 10.9. The molecule has 0 heterocycles. The van der Waals surface area contributed by atoms with Crippen molar-refractivity contribution in [3.63, 3.8) is 0 Å². The fourth-order valence-electron chi connectivity index (χ4n) is 7.43. The van der Waals surface area contributed by atoms with Crippen molar-refractivity contribution >= 4 is 23.9 Å². The first-order valence-corrected chi connectivity index (χ1v) is 25.2. The van der Waals surface area contributed by atoms with Crippen molar-refractivity contribution in [1.82, 2.24) is 0 Å². The number of hydrogen-bond acceptors (Lipinski definition) is 10. The average Bonchev–Trinajstić information content (AvgIpc) is 3.24. The van der Waals surface area contributed by atoms with Crippen LogP contribution >= 0.6 is 0 Å². The molecule has 0 saturated carbocycles. The number of hydrogen-bond donors (Lipinski definition) is 0. The molecule has 0 rings (SSSR count). The van der Waals surface area contributed by atoms with Gasteiger partial charge in [0.1, 0.15) is 12.2 Å². The van der Waals surface area contributed by atoms with Crippen LogP contribution in [0.5, 0.6) is 0 Å². The molecule has 0 aliphatic rings. The number of rotatable bonds is 45. The minimum absolute atomic E-state index is 0.0515. The highest BCUT2D eigenvalue weighted by molar-refractivity contribution is 5.69. The van der Waals surface area contributed by atoms with Crippen molar-refractivity contribution in [3.05, 3.63) is 0 Å². The van der Waals surface area contributed by atoms with Crippen LogP contribution in [-0.4, -0.2) is 49.3 Å². The monoisotopic (exact) mass is 855 g/mol. The second kappa shape index (κ2) is 43.4. The van der Waals surface area contributed by atoms with E-state index in [1.54, 1.807) is 13.8 Å². The van der Waals surface area contributed by atoms with Crippen LogP contribution in [0.25, 0.3) is 0 Å². The fourth-order valence-corrected chi connectivity index (χ4v) is 7.43. The van der Waals surface area contributed by atoms with E-state index in [9.17, 15) is 19.2 Å². The van der Waals surface area contributed by atoms with Gasteiger partial charge in [0, 0.05) is 25.7 Å². The smallest absolute Gasteiger partial charge is 0.342 e. The molecule has 0 fully saturated rings. The Bertz CT molecular complexity index is 926. The zero-order valence-electron chi connectivity index (χ0n) is 39.8. The van der Waals surface area contributed by atoms with Gasteiger partial charge in [-0.15, -0.1) is 0 Å². The summed E-state index contributed by atoms with van der Waals surface area (Å²) in [4.78, 5) is 69.0. The van der Waals surface area contributed by atoms with Gasteiger partial charge in [0.25, 0.3) is 0 Å². The Balaban J connectivity index is 3.85. The van der Waals surface area contributed by atoms with Gasteiger partial charge >= 0.3 is 23.9 Å². The van der Waals surface area contributed by atoms with E-state index in [4.69, 9.17) is 29.0 Å². The SMILES string of the molecule is CCCCCCCCC(OOC(=O)CC)C(C)CCCCCCCC(=O)OCCCCCCOC(=O)CCCCCCCC(C)C(CCCCCCCC)OOC(=O)CC. The van der Waals surface area contributed by atoms with Crippen molar-refractivity contribution in [1.29, 1.82) is 0 Å². The van der Waals surface area contributed by atoms with Gasteiger partial charge in [0.15, 0.2) is 0 Å². The van der Waals surface area contributed by atoms with Crippen LogP contribution in [0.3, 0.4) is 0 Å². The Morgan fingerprint density at radius 1 is 0.350 bits per heavy atom. The molecule has 0 aliphatic heterocycles. The number of esters is 2. The lowest BCUT2D eigenvalue weighted by molar-refractivity contribution is -0.307. The summed E-state index contributed by atoms with van der Waals surface area (Å²) in [5.41, 5.74) is 0. The van der Waals surface area contributed by atoms with E-state index >= 15 is 0 Å². The van der Waals surface area contributed by atoms with Crippen molar-refractivity contribution in [2.75, 3.05) is 13.2 Å². The Morgan fingerprint density at radius 2 is 0.650 bits per heavy atom. The Labute approximate surface area is 368 Å². The van der Waals surface area contributed by atoms with E-state index in [2.05, 4.69) is 27.7 Å². The Hall–Kier alpha value is -2.20. The molecule has 0 spiro atoms. The Kier molecular flexibility index (Phi) is 41.9. The third-order valence-corrected chi connectivity index (χ3v) is 11.7. The lowest BCUT2D eigenvalue weighted by Crippen LogP contribution is -2.24. The highest BCUT2D eigenvalue weighted by Crippen LogP contribution is 2.24. The molecule has 0 aromatic carbocycles. The number of carbonyl (C=O) groups excluding carboxylic acids is 4. The van der Waals surface area contributed by atoms with Gasteiger partial charge in [-0.25, -0.2) is 9.59 Å². The second-order valence-corrected chi connectivity index (χ2v) is 17.4. The number of ether oxygens (including phenoxy) is 2. The molecule has 0 aromatic heterocycles. The van der Waals surface area contributed by atoms with E-state index in [0.29, 0.717) is 50.7 Å². The molecule has 0 amide bonds. The molecular weight excluding hydrogens is 761 g/mol. The molecule has 0 bridgehead atoms. The summed E-state index contributed by atoms with van der Waals surface area (Å²) >= 11 is 0.